The van der Waals surface area contributed by atoms with Gasteiger partial charge in [-0.1, -0.05) is 47.5 Å². The first-order valence-electron chi connectivity index (χ1n) is 6.35. The molecule has 0 saturated heterocycles. The molecule has 0 aliphatic rings. The van der Waals surface area contributed by atoms with E-state index in [1.165, 1.54) is 0 Å². The summed E-state index contributed by atoms with van der Waals surface area (Å²) in [6.45, 7) is 3.84. The van der Waals surface area contributed by atoms with Gasteiger partial charge in [-0.2, -0.15) is 0 Å². The quantitative estimate of drug-likeness (QED) is 0.899. The van der Waals surface area contributed by atoms with Gasteiger partial charge < -0.3 is 11.5 Å². The highest BCUT2D eigenvalue weighted by atomic mass is 35.5. The highest BCUT2D eigenvalue weighted by molar-refractivity contribution is 6.30. The fourth-order valence-corrected chi connectivity index (χ4v) is 2.44. The summed E-state index contributed by atoms with van der Waals surface area (Å²) in [7, 11) is 0. The summed E-state index contributed by atoms with van der Waals surface area (Å²) in [4.78, 5) is 0. The molecule has 0 aliphatic carbocycles. The number of halogens is 2. The van der Waals surface area contributed by atoms with Gasteiger partial charge in [0.05, 0.1) is 11.1 Å². The van der Waals surface area contributed by atoms with Gasteiger partial charge in [0.15, 0.2) is 0 Å². The number of hydrogen-bond donors (Lipinski definition) is 2. The van der Waals surface area contributed by atoms with Crippen molar-refractivity contribution in [3.05, 3.63) is 69.7 Å². The van der Waals surface area contributed by atoms with E-state index in [-0.39, 0.29) is 0 Å². The van der Waals surface area contributed by atoms with E-state index in [2.05, 4.69) is 0 Å². The van der Waals surface area contributed by atoms with Crippen LogP contribution in [0.2, 0.25) is 10.0 Å². The monoisotopic (exact) mass is 308 g/mol. The number of nitrogens with two attached hydrogens (primary N) is 2. The van der Waals surface area contributed by atoms with E-state index in [1.807, 2.05) is 62.4 Å². The zero-order valence-electron chi connectivity index (χ0n) is 11.5. The molecular weight excluding hydrogens is 291 g/mol. The lowest BCUT2D eigenvalue weighted by atomic mass is 9.72. The molecule has 0 radical (unpaired) electrons. The lowest BCUT2D eigenvalue weighted by Crippen LogP contribution is -2.57. The molecule has 2 aromatic rings. The standard InChI is InChI=1S/C16H18Cl2N2/c1-15(19,11-3-7-13(17)8-4-11)16(2,20)12-5-9-14(18)10-6-12/h3-10H,19-20H2,1-2H3. The van der Waals surface area contributed by atoms with Crippen LogP contribution in [0.3, 0.4) is 0 Å². The van der Waals surface area contributed by atoms with E-state index in [9.17, 15) is 0 Å². The topological polar surface area (TPSA) is 52.0 Å². The number of rotatable bonds is 3. The minimum Gasteiger partial charge on any atom is -0.320 e. The molecule has 106 valence electrons. The largest absolute Gasteiger partial charge is 0.320 e. The van der Waals surface area contributed by atoms with E-state index in [0.717, 1.165) is 11.1 Å². The molecule has 0 aromatic heterocycles. The summed E-state index contributed by atoms with van der Waals surface area (Å²) in [5, 5.41) is 1.35. The molecule has 2 aromatic carbocycles. The van der Waals surface area contributed by atoms with Gasteiger partial charge in [-0.05, 0) is 49.2 Å². The Hall–Kier alpha value is -1.06. The van der Waals surface area contributed by atoms with Gasteiger partial charge >= 0.3 is 0 Å². The molecule has 2 nitrogen and oxygen atoms in total. The molecule has 2 rings (SSSR count). The van der Waals surface area contributed by atoms with Crippen molar-refractivity contribution in [2.75, 3.05) is 0 Å². The molecule has 4 N–H and O–H groups in total. The smallest absolute Gasteiger partial charge is 0.0603 e. The fraction of sp³-hybridized carbons (Fsp3) is 0.250. The number of benzene rings is 2. The number of hydrogen-bond acceptors (Lipinski definition) is 2. The predicted molar refractivity (Wildman–Crippen MR) is 86.0 cm³/mol. The third-order valence-electron chi connectivity index (χ3n) is 3.97. The molecule has 2 unspecified atom stereocenters. The minimum atomic E-state index is -0.745. The zero-order valence-corrected chi connectivity index (χ0v) is 13.0. The van der Waals surface area contributed by atoms with Crippen LogP contribution in [0.1, 0.15) is 25.0 Å². The van der Waals surface area contributed by atoms with E-state index in [0.29, 0.717) is 10.0 Å². The molecule has 0 spiro atoms. The fourth-order valence-electron chi connectivity index (χ4n) is 2.19. The van der Waals surface area contributed by atoms with Crippen molar-refractivity contribution in [3.8, 4) is 0 Å². The average Bonchev–Trinajstić information content (AvgIpc) is 2.39. The van der Waals surface area contributed by atoms with Crippen LogP contribution in [-0.4, -0.2) is 0 Å². The van der Waals surface area contributed by atoms with Crippen molar-refractivity contribution in [3.63, 3.8) is 0 Å². The average molecular weight is 309 g/mol. The first-order chi connectivity index (χ1) is 9.25. The molecule has 4 heteroatoms. The van der Waals surface area contributed by atoms with Crippen molar-refractivity contribution < 1.29 is 0 Å². The lowest BCUT2D eigenvalue weighted by Gasteiger charge is -2.42. The molecular formula is C16H18Cl2N2. The van der Waals surface area contributed by atoms with E-state index >= 15 is 0 Å². The minimum absolute atomic E-state index is 0.676. The lowest BCUT2D eigenvalue weighted by molar-refractivity contribution is 0.268. The molecule has 0 heterocycles. The van der Waals surface area contributed by atoms with Crippen molar-refractivity contribution in [2.45, 2.75) is 24.9 Å². The summed E-state index contributed by atoms with van der Waals surface area (Å²) < 4.78 is 0. The van der Waals surface area contributed by atoms with Gasteiger partial charge in [0.25, 0.3) is 0 Å². The van der Waals surface area contributed by atoms with Gasteiger partial charge in [-0.15, -0.1) is 0 Å². The maximum atomic E-state index is 6.53. The predicted octanol–water partition coefficient (Wildman–Crippen LogP) is 4.04. The Bertz CT molecular complexity index is 531. The summed E-state index contributed by atoms with van der Waals surface area (Å²) in [5.41, 5.74) is 13.4. The third kappa shape index (κ3) is 2.70. The molecule has 2 atom stereocenters. The molecule has 0 fully saturated rings. The molecule has 0 saturated carbocycles. The Morgan fingerprint density at radius 2 is 0.900 bits per heavy atom. The Kier molecular flexibility index (Phi) is 4.12. The van der Waals surface area contributed by atoms with Crippen LogP contribution >= 0.6 is 23.2 Å². The van der Waals surface area contributed by atoms with Crippen molar-refractivity contribution in [1.82, 2.24) is 0 Å². The highest BCUT2D eigenvalue weighted by Crippen LogP contribution is 2.36. The zero-order chi connectivity index (χ0) is 15.0. The Balaban J connectivity index is 2.45. The molecule has 20 heavy (non-hydrogen) atoms. The molecule has 0 amide bonds. The SMILES string of the molecule is CC(N)(c1ccc(Cl)cc1)C(C)(N)c1ccc(Cl)cc1. The van der Waals surface area contributed by atoms with Gasteiger partial charge in [-0.3, -0.25) is 0 Å². The Labute approximate surface area is 129 Å². The van der Waals surface area contributed by atoms with Crippen molar-refractivity contribution >= 4 is 23.2 Å². The summed E-state index contributed by atoms with van der Waals surface area (Å²) in [6, 6.07) is 14.9. The Morgan fingerprint density at radius 3 is 1.15 bits per heavy atom. The third-order valence-corrected chi connectivity index (χ3v) is 4.47. The maximum Gasteiger partial charge on any atom is 0.0603 e. The van der Waals surface area contributed by atoms with Crippen LogP contribution in [0.25, 0.3) is 0 Å². The second-order valence-corrected chi connectivity index (χ2v) is 6.29. The second kappa shape index (κ2) is 5.38. The summed E-state index contributed by atoms with van der Waals surface area (Å²) in [5.74, 6) is 0. The van der Waals surface area contributed by atoms with Crippen LogP contribution in [0, 0.1) is 0 Å². The molecule has 0 aliphatic heterocycles. The summed E-state index contributed by atoms with van der Waals surface area (Å²) in [6.07, 6.45) is 0. The Morgan fingerprint density at radius 1 is 0.650 bits per heavy atom. The van der Waals surface area contributed by atoms with Crippen molar-refractivity contribution in [2.24, 2.45) is 11.5 Å². The summed E-state index contributed by atoms with van der Waals surface area (Å²) >= 11 is 11.8. The van der Waals surface area contributed by atoms with Crippen molar-refractivity contribution in [1.29, 1.82) is 0 Å². The van der Waals surface area contributed by atoms with Gasteiger partial charge in [0.1, 0.15) is 0 Å². The maximum absolute atomic E-state index is 6.53. The first kappa shape index (κ1) is 15.3. The van der Waals surface area contributed by atoms with Crippen LogP contribution < -0.4 is 11.5 Å². The first-order valence-corrected chi connectivity index (χ1v) is 7.10. The van der Waals surface area contributed by atoms with Crippen LogP contribution in [0.5, 0.6) is 0 Å². The van der Waals surface area contributed by atoms with Gasteiger partial charge in [-0.25, -0.2) is 0 Å². The normalized spacial score (nSPS) is 17.3. The second-order valence-electron chi connectivity index (χ2n) is 5.42. The van der Waals surface area contributed by atoms with Gasteiger partial charge in [0.2, 0.25) is 0 Å². The van der Waals surface area contributed by atoms with E-state index in [4.69, 9.17) is 34.7 Å². The highest BCUT2D eigenvalue weighted by Gasteiger charge is 2.41. The van der Waals surface area contributed by atoms with Gasteiger partial charge in [0, 0.05) is 10.0 Å². The van der Waals surface area contributed by atoms with E-state index < -0.39 is 11.1 Å². The van der Waals surface area contributed by atoms with Crippen LogP contribution in [0.15, 0.2) is 48.5 Å². The van der Waals surface area contributed by atoms with Crippen LogP contribution in [-0.2, 0) is 11.1 Å². The molecule has 0 bridgehead atoms. The van der Waals surface area contributed by atoms with E-state index in [1.54, 1.807) is 0 Å². The van der Waals surface area contributed by atoms with Crippen LogP contribution in [0.4, 0.5) is 0 Å².